The minimum Gasteiger partial charge on any atom is -0.492 e. The number of nitrogens with zero attached hydrogens (tertiary/aromatic N) is 2. The van der Waals surface area contributed by atoms with Gasteiger partial charge in [0.05, 0.1) is 6.20 Å². The molecular weight excluding hydrogens is 252 g/mol. The molecule has 0 unspecified atom stereocenters. The molecule has 2 rings (SSSR count). The Hall–Kier alpha value is -2.01. The number of aromatic amines is 1. The fourth-order valence-corrected chi connectivity index (χ4v) is 1.79. The summed E-state index contributed by atoms with van der Waals surface area (Å²) in [7, 11) is 4.07. The van der Waals surface area contributed by atoms with Gasteiger partial charge < -0.3 is 15.0 Å². The van der Waals surface area contributed by atoms with Crippen molar-refractivity contribution in [3.8, 4) is 5.75 Å². The van der Waals surface area contributed by atoms with E-state index in [0.29, 0.717) is 6.61 Å². The van der Waals surface area contributed by atoms with Gasteiger partial charge >= 0.3 is 0 Å². The van der Waals surface area contributed by atoms with Crippen LogP contribution in [0.15, 0.2) is 30.5 Å². The highest BCUT2D eigenvalue weighted by Crippen LogP contribution is 2.18. The molecule has 0 aliphatic rings. The number of aromatic nitrogens is 2. The number of hydrogen-bond acceptors (Lipinski definition) is 4. The molecule has 5 nitrogen and oxygen atoms in total. The third-order valence-electron chi connectivity index (χ3n) is 3.06. The highest BCUT2D eigenvalue weighted by molar-refractivity contribution is 5.48. The lowest BCUT2D eigenvalue weighted by Gasteiger charge is -2.12. The Morgan fingerprint density at radius 3 is 2.90 bits per heavy atom. The minimum atomic E-state index is 0.692. The molecule has 20 heavy (non-hydrogen) atoms. The Morgan fingerprint density at radius 2 is 2.20 bits per heavy atom. The van der Waals surface area contributed by atoms with Crippen LogP contribution >= 0.6 is 0 Å². The summed E-state index contributed by atoms with van der Waals surface area (Å²) in [5, 5.41) is 10.3. The molecule has 0 saturated heterocycles. The number of nitrogens with one attached hydrogen (secondary N) is 2. The third-order valence-corrected chi connectivity index (χ3v) is 3.06. The predicted molar refractivity (Wildman–Crippen MR) is 81.1 cm³/mol. The van der Waals surface area contributed by atoms with Crippen LogP contribution in [0, 0.1) is 6.92 Å². The van der Waals surface area contributed by atoms with E-state index in [-0.39, 0.29) is 0 Å². The number of aryl methyl sites for hydroxylation is 1. The molecule has 2 N–H and O–H groups in total. The Labute approximate surface area is 119 Å². The van der Waals surface area contributed by atoms with Gasteiger partial charge in [0.1, 0.15) is 12.4 Å². The van der Waals surface area contributed by atoms with Crippen molar-refractivity contribution in [2.24, 2.45) is 0 Å². The minimum absolute atomic E-state index is 0.692. The summed E-state index contributed by atoms with van der Waals surface area (Å²) < 4.78 is 5.72. The van der Waals surface area contributed by atoms with Crippen molar-refractivity contribution in [2.75, 3.05) is 32.6 Å². The first-order valence-electron chi connectivity index (χ1n) is 6.75. The standard InChI is InChI=1S/C15H22N4O/c1-12-13(11-17-18-12)10-16-14-5-4-6-15(9-14)20-8-7-19(2)3/h4-6,9,11,16H,7-8,10H2,1-3H3,(H,17,18). The van der Waals surface area contributed by atoms with Crippen LogP contribution in [-0.4, -0.2) is 42.3 Å². The molecule has 0 radical (unpaired) electrons. The first-order chi connectivity index (χ1) is 9.65. The van der Waals surface area contributed by atoms with Gasteiger partial charge in [-0.1, -0.05) is 6.07 Å². The summed E-state index contributed by atoms with van der Waals surface area (Å²) in [6.07, 6.45) is 1.85. The number of anilines is 1. The molecule has 2 aromatic rings. The maximum atomic E-state index is 5.72. The average molecular weight is 274 g/mol. The fourth-order valence-electron chi connectivity index (χ4n) is 1.79. The number of rotatable bonds is 7. The fraction of sp³-hybridized carbons (Fsp3) is 0.400. The van der Waals surface area contributed by atoms with Crippen molar-refractivity contribution in [1.82, 2.24) is 15.1 Å². The molecule has 0 aliphatic heterocycles. The first kappa shape index (κ1) is 14.4. The highest BCUT2D eigenvalue weighted by Gasteiger charge is 2.01. The van der Waals surface area contributed by atoms with Gasteiger partial charge in [0, 0.05) is 36.1 Å². The Kier molecular flexibility index (Phi) is 5.01. The number of hydrogen-bond donors (Lipinski definition) is 2. The average Bonchev–Trinajstić information content (AvgIpc) is 2.82. The van der Waals surface area contributed by atoms with Crippen molar-refractivity contribution in [1.29, 1.82) is 0 Å². The van der Waals surface area contributed by atoms with E-state index in [9.17, 15) is 0 Å². The maximum Gasteiger partial charge on any atom is 0.121 e. The molecule has 0 saturated carbocycles. The molecular formula is C15H22N4O. The lowest BCUT2D eigenvalue weighted by molar-refractivity contribution is 0.261. The topological polar surface area (TPSA) is 53.2 Å². The van der Waals surface area contributed by atoms with E-state index in [0.717, 1.165) is 30.2 Å². The van der Waals surface area contributed by atoms with E-state index >= 15 is 0 Å². The maximum absolute atomic E-state index is 5.72. The molecule has 0 amide bonds. The smallest absolute Gasteiger partial charge is 0.121 e. The molecule has 0 atom stereocenters. The lowest BCUT2D eigenvalue weighted by atomic mass is 10.2. The van der Waals surface area contributed by atoms with Crippen LogP contribution in [0.4, 0.5) is 5.69 Å². The normalized spacial score (nSPS) is 10.8. The van der Waals surface area contributed by atoms with E-state index in [1.54, 1.807) is 0 Å². The molecule has 0 spiro atoms. The summed E-state index contributed by atoms with van der Waals surface area (Å²) in [5.74, 6) is 0.890. The summed E-state index contributed by atoms with van der Waals surface area (Å²) in [6, 6.07) is 8.03. The van der Waals surface area contributed by atoms with Crippen LogP contribution in [0.2, 0.25) is 0 Å². The predicted octanol–water partition coefficient (Wildman–Crippen LogP) is 2.27. The zero-order chi connectivity index (χ0) is 14.4. The van der Waals surface area contributed by atoms with Gasteiger partial charge in [-0.15, -0.1) is 0 Å². The van der Waals surface area contributed by atoms with Crippen molar-refractivity contribution in [2.45, 2.75) is 13.5 Å². The Balaban J connectivity index is 1.87. The van der Waals surface area contributed by atoms with Crippen LogP contribution in [0.25, 0.3) is 0 Å². The van der Waals surface area contributed by atoms with Gasteiger partial charge in [-0.2, -0.15) is 5.10 Å². The van der Waals surface area contributed by atoms with Gasteiger partial charge in [0.2, 0.25) is 0 Å². The van der Waals surface area contributed by atoms with Crippen LogP contribution < -0.4 is 10.1 Å². The van der Waals surface area contributed by atoms with Crippen LogP contribution in [-0.2, 0) is 6.54 Å². The highest BCUT2D eigenvalue weighted by atomic mass is 16.5. The van der Waals surface area contributed by atoms with Crippen molar-refractivity contribution in [3.05, 3.63) is 41.7 Å². The first-order valence-corrected chi connectivity index (χ1v) is 6.75. The molecule has 0 aliphatic carbocycles. The Morgan fingerprint density at radius 1 is 1.35 bits per heavy atom. The summed E-state index contributed by atoms with van der Waals surface area (Å²) in [4.78, 5) is 2.10. The van der Waals surface area contributed by atoms with Gasteiger partial charge in [0.15, 0.2) is 0 Å². The Bertz CT molecular complexity index is 536. The monoisotopic (exact) mass is 274 g/mol. The van der Waals surface area contributed by atoms with E-state index in [4.69, 9.17) is 4.74 Å². The van der Waals surface area contributed by atoms with E-state index in [1.165, 1.54) is 5.56 Å². The number of H-pyrrole nitrogens is 1. The molecule has 5 heteroatoms. The van der Waals surface area contributed by atoms with Crippen LogP contribution in [0.1, 0.15) is 11.3 Å². The second kappa shape index (κ2) is 6.96. The number of likely N-dealkylation sites (N-methyl/N-ethyl adjacent to an activating group) is 1. The largest absolute Gasteiger partial charge is 0.492 e. The summed E-state index contributed by atoms with van der Waals surface area (Å²) in [5.41, 5.74) is 3.31. The van der Waals surface area contributed by atoms with Crippen LogP contribution in [0.5, 0.6) is 5.75 Å². The zero-order valence-electron chi connectivity index (χ0n) is 12.3. The lowest BCUT2D eigenvalue weighted by Crippen LogP contribution is -2.19. The second-order valence-electron chi connectivity index (χ2n) is 5.05. The SMILES string of the molecule is Cc1[nH]ncc1CNc1cccc(OCCN(C)C)c1. The van der Waals surface area contributed by atoms with Crippen molar-refractivity contribution in [3.63, 3.8) is 0 Å². The molecule has 0 bridgehead atoms. The molecule has 0 fully saturated rings. The van der Waals surface area contributed by atoms with Crippen molar-refractivity contribution < 1.29 is 4.74 Å². The molecule has 1 aromatic carbocycles. The zero-order valence-corrected chi connectivity index (χ0v) is 12.3. The van der Waals surface area contributed by atoms with Gasteiger partial charge in [0.25, 0.3) is 0 Å². The molecule has 1 aromatic heterocycles. The third kappa shape index (κ3) is 4.28. The van der Waals surface area contributed by atoms with E-state index in [2.05, 4.69) is 20.4 Å². The number of ether oxygens (including phenoxy) is 1. The van der Waals surface area contributed by atoms with Gasteiger partial charge in [-0.3, -0.25) is 5.10 Å². The second-order valence-corrected chi connectivity index (χ2v) is 5.05. The summed E-state index contributed by atoms with van der Waals surface area (Å²) >= 11 is 0. The van der Waals surface area contributed by atoms with E-state index in [1.807, 2.05) is 51.5 Å². The van der Waals surface area contributed by atoms with Crippen molar-refractivity contribution >= 4 is 5.69 Å². The quantitative estimate of drug-likeness (QED) is 0.813. The van der Waals surface area contributed by atoms with E-state index < -0.39 is 0 Å². The van der Waals surface area contributed by atoms with Crippen LogP contribution in [0.3, 0.4) is 0 Å². The molecule has 108 valence electrons. The van der Waals surface area contributed by atoms with Gasteiger partial charge in [-0.25, -0.2) is 0 Å². The van der Waals surface area contributed by atoms with Gasteiger partial charge in [-0.05, 0) is 33.2 Å². The summed E-state index contributed by atoms with van der Waals surface area (Å²) in [6.45, 7) is 4.37. The number of benzene rings is 1. The molecule has 1 heterocycles.